The summed E-state index contributed by atoms with van der Waals surface area (Å²) in [7, 11) is 0. The van der Waals surface area contributed by atoms with Crippen LogP contribution in [0.15, 0.2) is 42.6 Å². The first-order valence-corrected chi connectivity index (χ1v) is 6.27. The molecule has 3 nitrogen and oxygen atoms in total. The Bertz CT molecular complexity index is 521. The summed E-state index contributed by atoms with van der Waals surface area (Å²) in [6, 6.07) is 12.7. The SMILES string of the molecule is C[C@@H](N)c1ccc(N2Cc3ccccc3C2)cn1. The molecule has 1 aromatic heterocycles. The second-order valence-electron chi connectivity index (χ2n) is 4.85. The van der Waals surface area contributed by atoms with Gasteiger partial charge in [-0.3, -0.25) is 4.98 Å². The van der Waals surface area contributed by atoms with Crippen molar-refractivity contribution in [3.8, 4) is 0 Å². The predicted molar refractivity (Wildman–Crippen MR) is 73.2 cm³/mol. The van der Waals surface area contributed by atoms with E-state index in [0.29, 0.717) is 0 Å². The van der Waals surface area contributed by atoms with Crippen LogP contribution >= 0.6 is 0 Å². The number of aromatic nitrogens is 1. The molecule has 1 atom stereocenters. The van der Waals surface area contributed by atoms with Crippen LogP contribution in [0, 0.1) is 0 Å². The first-order valence-electron chi connectivity index (χ1n) is 6.27. The van der Waals surface area contributed by atoms with E-state index in [4.69, 9.17) is 5.73 Å². The van der Waals surface area contributed by atoms with Crippen LogP contribution < -0.4 is 10.6 Å². The Morgan fingerprint density at radius 2 is 1.78 bits per heavy atom. The van der Waals surface area contributed by atoms with Crippen molar-refractivity contribution in [3.05, 3.63) is 59.4 Å². The molecule has 0 amide bonds. The van der Waals surface area contributed by atoms with Crippen LogP contribution in [0.25, 0.3) is 0 Å². The summed E-state index contributed by atoms with van der Waals surface area (Å²) in [5, 5.41) is 0. The molecule has 0 radical (unpaired) electrons. The highest BCUT2D eigenvalue weighted by molar-refractivity contribution is 5.50. The second kappa shape index (κ2) is 4.42. The van der Waals surface area contributed by atoms with E-state index in [1.807, 2.05) is 19.2 Å². The highest BCUT2D eigenvalue weighted by atomic mass is 15.1. The van der Waals surface area contributed by atoms with E-state index >= 15 is 0 Å². The van der Waals surface area contributed by atoms with E-state index in [0.717, 1.165) is 24.5 Å². The van der Waals surface area contributed by atoms with Gasteiger partial charge in [-0.2, -0.15) is 0 Å². The summed E-state index contributed by atoms with van der Waals surface area (Å²) in [6.07, 6.45) is 1.92. The topological polar surface area (TPSA) is 42.1 Å². The largest absolute Gasteiger partial charge is 0.362 e. The summed E-state index contributed by atoms with van der Waals surface area (Å²) >= 11 is 0. The van der Waals surface area contributed by atoms with Crippen molar-refractivity contribution >= 4 is 5.69 Å². The van der Waals surface area contributed by atoms with E-state index < -0.39 is 0 Å². The lowest BCUT2D eigenvalue weighted by Gasteiger charge is -2.17. The number of benzene rings is 1. The third kappa shape index (κ3) is 1.97. The van der Waals surface area contributed by atoms with Crippen molar-refractivity contribution < 1.29 is 0 Å². The molecule has 0 unspecified atom stereocenters. The number of anilines is 1. The molecule has 0 fully saturated rings. The Morgan fingerprint density at radius 1 is 1.11 bits per heavy atom. The Morgan fingerprint density at radius 3 is 2.28 bits per heavy atom. The highest BCUT2D eigenvalue weighted by Gasteiger charge is 2.18. The van der Waals surface area contributed by atoms with E-state index in [1.165, 1.54) is 11.1 Å². The molecular weight excluding hydrogens is 222 g/mol. The minimum Gasteiger partial charge on any atom is -0.362 e. The van der Waals surface area contributed by atoms with Crippen LogP contribution in [0.5, 0.6) is 0 Å². The predicted octanol–water partition coefficient (Wildman–Crippen LogP) is 2.62. The first-order chi connectivity index (χ1) is 8.74. The van der Waals surface area contributed by atoms with Gasteiger partial charge in [0.2, 0.25) is 0 Å². The molecule has 0 spiro atoms. The van der Waals surface area contributed by atoms with Gasteiger partial charge in [-0.1, -0.05) is 24.3 Å². The molecule has 0 aliphatic carbocycles. The Labute approximate surface area is 107 Å². The molecular formula is C15H17N3. The number of nitrogens with zero attached hydrogens (tertiary/aromatic N) is 2. The monoisotopic (exact) mass is 239 g/mol. The third-order valence-corrected chi connectivity index (χ3v) is 3.44. The minimum absolute atomic E-state index is 0.00479. The van der Waals surface area contributed by atoms with Crippen molar-refractivity contribution in [2.24, 2.45) is 5.73 Å². The molecule has 1 aliphatic rings. The van der Waals surface area contributed by atoms with Gasteiger partial charge >= 0.3 is 0 Å². The van der Waals surface area contributed by atoms with Crippen LogP contribution in [0.1, 0.15) is 29.8 Å². The zero-order valence-electron chi connectivity index (χ0n) is 10.5. The molecule has 2 aromatic rings. The number of hydrogen-bond acceptors (Lipinski definition) is 3. The summed E-state index contributed by atoms with van der Waals surface area (Å²) in [6.45, 7) is 3.89. The second-order valence-corrected chi connectivity index (χ2v) is 4.85. The summed E-state index contributed by atoms with van der Waals surface area (Å²) < 4.78 is 0. The maximum Gasteiger partial charge on any atom is 0.0569 e. The Kier molecular flexibility index (Phi) is 2.76. The van der Waals surface area contributed by atoms with E-state index in [-0.39, 0.29) is 6.04 Å². The molecule has 0 saturated carbocycles. The van der Waals surface area contributed by atoms with Gasteiger partial charge in [0.1, 0.15) is 0 Å². The zero-order valence-corrected chi connectivity index (χ0v) is 10.5. The van der Waals surface area contributed by atoms with Crippen LogP contribution in [0.2, 0.25) is 0 Å². The molecule has 0 saturated heterocycles. The fourth-order valence-electron chi connectivity index (χ4n) is 2.37. The quantitative estimate of drug-likeness (QED) is 0.876. The number of fused-ring (bicyclic) bond motifs is 1. The van der Waals surface area contributed by atoms with E-state index in [2.05, 4.69) is 40.2 Å². The normalized spacial score (nSPS) is 15.6. The van der Waals surface area contributed by atoms with Gasteiger partial charge in [0.25, 0.3) is 0 Å². The molecule has 2 N–H and O–H groups in total. The Hall–Kier alpha value is -1.87. The number of rotatable bonds is 2. The lowest BCUT2D eigenvalue weighted by Crippen LogP contribution is -2.15. The van der Waals surface area contributed by atoms with E-state index in [1.54, 1.807) is 0 Å². The zero-order chi connectivity index (χ0) is 12.5. The van der Waals surface area contributed by atoms with Gasteiger partial charge in [0.15, 0.2) is 0 Å². The van der Waals surface area contributed by atoms with Gasteiger partial charge < -0.3 is 10.6 Å². The van der Waals surface area contributed by atoms with Gasteiger partial charge in [-0.25, -0.2) is 0 Å². The average Bonchev–Trinajstić information content (AvgIpc) is 2.82. The van der Waals surface area contributed by atoms with Crippen LogP contribution in [-0.4, -0.2) is 4.98 Å². The molecule has 1 aromatic carbocycles. The summed E-state index contributed by atoms with van der Waals surface area (Å²) in [4.78, 5) is 6.75. The average molecular weight is 239 g/mol. The van der Waals surface area contributed by atoms with Crippen molar-refractivity contribution in [1.82, 2.24) is 4.98 Å². The fraction of sp³-hybridized carbons (Fsp3) is 0.267. The first kappa shape index (κ1) is 11.2. The standard InChI is InChI=1S/C15H17N3/c1-11(16)15-7-6-14(8-17-15)18-9-12-4-2-3-5-13(12)10-18/h2-8,11H,9-10,16H2,1H3/t11-/m1/s1. The maximum absolute atomic E-state index is 5.81. The molecule has 2 heterocycles. The smallest absolute Gasteiger partial charge is 0.0569 e. The van der Waals surface area contributed by atoms with Gasteiger partial charge in [-0.15, -0.1) is 0 Å². The van der Waals surface area contributed by atoms with E-state index in [9.17, 15) is 0 Å². The molecule has 92 valence electrons. The number of hydrogen-bond donors (Lipinski definition) is 1. The minimum atomic E-state index is -0.00479. The fourth-order valence-corrected chi connectivity index (χ4v) is 2.37. The third-order valence-electron chi connectivity index (χ3n) is 3.44. The van der Waals surface area contributed by atoms with Crippen LogP contribution in [0.3, 0.4) is 0 Å². The van der Waals surface area contributed by atoms with Gasteiger partial charge in [-0.05, 0) is 30.2 Å². The van der Waals surface area contributed by atoms with Crippen molar-refractivity contribution in [2.45, 2.75) is 26.1 Å². The molecule has 3 heteroatoms. The summed E-state index contributed by atoms with van der Waals surface area (Å²) in [5.41, 5.74) is 10.7. The molecule has 3 rings (SSSR count). The molecule has 18 heavy (non-hydrogen) atoms. The molecule has 1 aliphatic heterocycles. The van der Waals surface area contributed by atoms with Gasteiger partial charge in [0, 0.05) is 19.1 Å². The lowest BCUT2D eigenvalue weighted by molar-refractivity contribution is 0.777. The van der Waals surface area contributed by atoms with Crippen LogP contribution in [-0.2, 0) is 13.1 Å². The highest BCUT2D eigenvalue weighted by Crippen LogP contribution is 2.27. The van der Waals surface area contributed by atoms with Crippen molar-refractivity contribution in [1.29, 1.82) is 0 Å². The molecule has 0 bridgehead atoms. The lowest BCUT2D eigenvalue weighted by atomic mass is 10.1. The van der Waals surface area contributed by atoms with Crippen molar-refractivity contribution in [2.75, 3.05) is 4.90 Å². The van der Waals surface area contributed by atoms with Gasteiger partial charge in [0.05, 0.1) is 17.6 Å². The Balaban J connectivity index is 1.82. The number of nitrogens with two attached hydrogens (primary N) is 1. The number of pyridine rings is 1. The van der Waals surface area contributed by atoms with Crippen LogP contribution in [0.4, 0.5) is 5.69 Å². The maximum atomic E-state index is 5.81. The summed E-state index contributed by atoms with van der Waals surface area (Å²) in [5.74, 6) is 0. The van der Waals surface area contributed by atoms with Crippen molar-refractivity contribution in [3.63, 3.8) is 0 Å².